The maximum Gasteiger partial charge on any atom is 0.459 e. The molecule has 0 spiro atoms. The minimum Gasteiger partial charge on any atom is -0.462 e. The fourth-order valence-corrected chi connectivity index (χ4v) is 5.00. The summed E-state index contributed by atoms with van der Waals surface area (Å²) in [6, 6.07) is 7.72. The summed E-state index contributed by atoms with van der Waals surface area (Å²) in [7, 11) is -4.44. The molecule has 0 aliphatic carbocycles. The molecule has 1 aromatic carbocycles. The van der Waals surface area contributed by atoms with E-state index in [0.29, 0.717) is 0 Å². The molecule has 0 radical (unpaired) electrons. The van der Waals surface area contributed by atoms with E-state index in [1.165, 1.54) is 26.0 Å². The Balaban J connectivity index is 1.81. The summed E-state index contributed by atoms with van der Waals surface area (Å²) in [5.74, 6) is -4.53. The molecule has 0 amide bonds. The number of esters is 1. The number of aromatic amines is 1. The van der Waals surface area contributed by atoms with Gasteiger partial charge in [-0.05, 0) is 32.9 Å². The zero-order valence-electron chi connectivity index (χ0n) is 20.1. The van der Waals surface area contributed by atoms with Gasteiger partial charge in [0.2, 0.25) is 0 Å². The molecular weight excluding hydrogens is 500 g/mol. The van der Waals surface area contributed by atoms with Crippen molar-refractivity contribution < 1.29 is 37.4 Å². The fourth-order valence-electron chi connectivity index (χ4n) is 3.49. The van der Waals surface area contributed by atoms with E-state index in [1.807, 2.05) is 4.98 Å². The zero-order chi connectivity index (χ0) is 26.7. The third-order valence-corrected chi connectivity index (χ3v) is 6.91. The van der Waals surface area contributed by atoms with Crippen LogP contribution in [-0.2, 0) is 23.4 Å². The summed E-state index contributed by atoms with van der Waals surface area (Å²) < 4.78 is 51.4. The number of carbonyl (C=O) groups is 1. The number of carbonyl (C=O) groups excluding carboxylic acids is 1. The van der Waals surface area contributed by atoms with Crippen LogP contribution in [0.1, 0.15) is 33.9 Å². The number of nitrogens with zero attached hydrogens (tertiary/aromatic N) is 1. The molecule has 36 heavy (non-hydrogen) atoms. The van der Waals surface area contributed by atoms with Crippen LogP contribution >= 0.6 is 7.75 Å². The highest BCUT2D eigenvalue weighted by Crippen LogP contribution is 2.49. The number of rotatable bonds is 10. The first-order valence-corrected chi connectivity index (χ1v) is 12.7. The number of ether oxygens (including phenoxy) is 2. The molecule has 14 heteroatoms. The maximum absolute atomic E-state index is 15.8. The van der Waals surface area contributed by atoms with Crippen LogP contribution in [0.3, 0.4) is 0 Å². The molecule has 0 saturated carbocycles. The Bertz CT molecular complexity index is 1220. The van der Waals surface area contributed by atoms with Gasteiger partial charge in [0.25, 0.3) is 11.4 Å². The van der Waals surface area contributed by atoms with Crippen molar-refractivity contribution in [2.75, 3.05) is 6.61 Å². The number of benzene rings is 1. The van der Waals surface area contributed by atoms with E-state index in [1.54, 1.807) is 32.0 Å². The first-order valence-electron chi connectivity index (χ1n) is 11.2. The monoisotopic (exact) mass is 529 g/mol. The Morgan fingerprint density at radius 1 is 1.28 bits per heavy atom. The first kappa shape index (κ1) is 27.8. The number of alkyl halides is 1. The number of aromatic nitrogens is 2. The largest absolute Gasteiger partial charge is 0.462 e. The number of hydrogen-bond donors (Lipinski definition) is 3. The van der Waals surface area contributed by atoms with Gasteiger partial charge in [-0.25, -0.2) is 13.8 Å². The number of para-hydroxylation sites is 1. The molecule has 1 aliphatic heterocycles. The van der Waals surface area contributed by atoms with Gasteiger partial charge in [0.05, 0.1) is 6.10 Å². The lowest BCUT2D eigenvalue weighted by Gasteiger charge is -2.28. The minimum absolute atomic E-state index is 0.101. The van der Waals surface area contributed by atoms with Gasteiger partial charge in [-0.15, -0.1) is 0 Å². The Labute approximate surface area is 205 Å². The number of hydrogen-bond acceptors (Lipinski definition) is 9. The molecule has 3 rings (SSSR count). The number of nitrogens with one attached hydrogen (secondary N) is 2. The predicted octanol–water partition coefficient (Wildman–Crippen LogP) is 1.86. The average Bonchev–Trinajstić information content (AvgIpc) is 3.02. The third kappa shape index (κ3) is 6.48. The van der Waals surface area contributed by atoms with Gasteiger partial charge >= 0.3 is 19.4 Å². The van der Waals surface area contributed by atoms with Crippen molar-refractivity contribution in [2.45, 2.75) is 58.0 Å². The van der Waals surface area contributed by atoms with Crippen LogP contribution in [0.25, 0.3) is 0 Å². The van der Waals surface area contributed by atoms with Crippen LogP contribution < -0.4 is 20.9 Å². The van der Waals surface area contributed by atoms with E-state index < -0.39 is 67.8 Å². The molecule has 198 valence electrons. The van der Waals surface area contributed by atoms with E-state index in [2.05, 4.69) is 5.09 Å². The average molecular weight is 529 g/mol. The van der Waals surface area contributed by atoms with Crippen LogP contribution in [0.5, 0.6) is 5.75 Å². The number of halogens is 1. The number of aliphatic hydroxyl groups is 1. The van der Waals surface area contributed by atoms with E-state index in [4.69, 9.17) is 18.5 Å². The maximum atomic E-state index is 15.8. The van der Waals surface area contributed by atoms with E-state index in [9.17, 15) is 24.1 Å². The Hall–Kier alpha value is -2.83. The van der Waals surface area contributed by atoms with E-state index in [0.717, 1.165) is 16.8 Å². The highest BCUT2D eigenvalue weighted by Gasteiger charge is 2.56. The van der Waals surface area contributed by atoms with Crippen LogP contribution in [0.15, 0.2) is 52.2 Å². The second-order valence-electron chi connectivity index (χ2n) is 8.63. The van der Waals surface area contributed by atoms with Crippen molar-refractivity contribution in [1.29, 1.82) is 0 Å². The lowest BCUT2D eigenvalue weighted by molar-refractivity contribution is -0.204. The minimum atomic E-state index is -4.44. The second-order valence-corrected chi connectivity index (χ2v) is 10.3. The molecule has 1 aromatic heterocycles. The lowest BCUT2D eigenvalue weighted by Crippen LogP contribution is -2.42. The standard InChI is InChI=1S/C22H29FN3O9P/c1-13(2)33-20(29)15(4)25-36(31,35-16-8-6-5-7-9-16)32-12-22(23)18(28)14(3)19(34-22)26-11-10-17(27)24-21(26)30/h5-11,13-15,18-19,28H,12H2,1-4H3,(H,25,31)(H,24,27,30). The zero-order valence-corrected chi connectivity index (χ0v) is 21.0. The Kier molecular flexibility index (Phi) is 8.52. The molecule has 2 heterocycles. The van der Waals surface area contributed by atoms with Crippen LogP contribution in [0.2, 0.25) is 0 Å². The van der Waals surface area contributed by atoms with Gasteiger partial charge in [-0.2, -0.15) is 5.09 Å². The molecule has 1 fully saturated rings. The van der Waals surface area contributed by atoms with Gasteiger partial charge in [0.15, 0.2) is 0 Å². The molecule has 3 N–H and O–H groups in total. The van der Waals surface area contributed by atoms with Gasteiger partial charge < -0.3 is 19.1 Å². The summed E-state index contributed by atoms with van der Waals surface area (Å²) in [6.45, 7) is 4.98. The fraction of sp³-hybridized carbons (Fsp3) is 0.500. The van der Waals surface area contributed by atoms with E-state index >= 15 is 4.39 Å². The quantitative estimate of drug-likeness (QED) is 0.306. The number of aliphatic hydroxyl groups excluding tert-OH is 1. The summed E-state index contributed by atoms with van der Waals surface area (Å²) in [6.07, 6.45) is -2.45. The predicted molar refractivity (Wildman–Crippen MR) is 125 cm³/mol. The SMILES string of the molecule is CC(C)OC(=O)C(C)NP(=O)(OCC1(F)OC(n2ccc(=O)[nH]c2=O)C(C)C1O)Oc1ccccc1. The molecule has 1 aliphatic rings. The van der Waals surface area contributed by atoms with Crippen LogP contribution in [0, 0.1) is 5.92 Å². The van der Waals surface area contributed by atoms with Crippen LogP contribution in [-0.4, -0.2) is 51.3 Å². The van der Waals surface area contributed by atoms with Crippen LogP contribution in [0.4, 0.5) is 4.39 Å². The smallest absolute Gasteiger partial charge is 0.459 e. The van der Waals surface area contributed by atoms with Gasteiger partial charge in [-0.3, -0.25) is 23.7 Å². The second kappa shape index (κ2) is 11.1. The summed E-state index contributed by atoms with van der Waals surface area (Å²) in [4.78, 5) is 37.8. The molecule has 6 unspecified atom stereocenters. The highest BCUT2D eigenvalue weighted by atomic mass is 31.2. The molecule has 12 nitrogen and oxygen atoms in total. The molecular formula is C22H29FN3O9P. The van der Waals surface area contributed by atoms with Crippen molar-refractivity contribution in [1.82, 2.24) is 14.6 Å². The molecule has 0 bridgehead atoms. The first-order chi connectivity index (χ1) is 16.8. The van der Waals surface area contributed by atoms with E-state index in [-0.39, 0.29) is 5.75 Å². The van der Waals surface area contributed by atoms with Crippen molar-refractivity contribution in [3.8, 4) is 5.75 Å². The molecule has 6 atom stereocenters. The van der Waals surface area contributed by atoms with Crippen molar-refractivity contribution >= 4 is 13.7 Å². The van der Waals surface area contributed by atoms with Gasteiger partial charge in [0, 0.05) is 18.2 Å². The van der Waals surface area contributed by atoms with Crippen molar-refractivity contribution in [3.05, 3.63) is 63.4 Å². The summed E-state index contributed by atoms with van der Waals surface area (Å²) in [5.41, 5.74) is -1.53. The number of H-pyrrole nitrogens is 1. The molecule has 2 aromatic rings. The van der Waals surface area contributed by atoms with Crippen molar-refractivity contribution in [3.63, 3.8) is 0 Å². The normalized spacial score (nSPS) is 26.4. The van der Waals surface area contributed by atoms with Gasteiger partial charge in [0.1, 0.15) is 30.7 Å². The third-order valence-electron chi connectivity index (χ3n) is 5.29. The van der Waals surface area contributed by atoms with Crippen molar-refractivity contribution in [2.24, 2.45) is 5.92 Å². The lowest BCUT2D eigenvalue weighted by atomic mass is 10.0. The van der Waals surface area contributed by atoms with Gasteiger partial charge in [-0.1, -0.05) is 25.1 Å². The topological polar surface area (TPSA) is 158 Å². The summed E-state index contributed by atoms with van der Waals surface area (Å²) >= 11 is 0. The summed E-state index contributed by atoms with van der Waals surface area (Å²) in [5, 5.41) is 13.0. The molecule has 1 saturated heterocycles. The highest BCUT2D eigenvalue weighted by molar-refractivity contribution is 7.52. The Morgan fingerprint density at radius 2 is 1.94 bits per heavy atom. The Morgan fingerprint density at radius 3 is 2.56 bits per heavy atom.